The van der Waals surface area contributed by atoms with E-state index in [-0.39, 0.29) is 11.9 Å². The Balaban J connectivity index is 1.27. The van der Waals surface area contributed by atoms with Gasteiger partial charge in [-0.25, -0.2) is 14.6 Å². The molecule has 2 N–H and O–H groups in total. The van der Waals surface area contributed by atoms with Gasteiger partial charge < -0.3 is 10.6 Å². The number of carbonyl (C=O) groups excluding carboxylic acids is 1. The molecule has 8 nitrogen and oxygen atoms in total. The highest BCUT2D eigenvalue weighted by Gasteiger charge is 2.43. The molecule has 2 aromatic heterocycles. The molecule has 1 saturated carbocycles. The number of hydrogen-bond acceptors (Lipinski definition) is 6. The summed E-state index contributed by atoms with van der Waals surface area (Å²) in [4.78, 5) is 25.4. The van der Waals surface area contributed by atoms with Crippen LogP contribution >= 0.6 is 0 Å². The van der Waals surface area contributed by atoms with Crippen molar-refractivity contribution in [1.29, 1.82) is 0 Å². The molecule has 6 rings (SSSR count). The van der Waals surface area contributed by atoms with E-state index < -0.39 is 0 Å². The summed E-state index contributed by atoms with van der Waals surface area (Å²) in [5.74, 6) is 1.47. The molecule has 0 spiro atoms. The second-order valence-electron chi connectivity index (χ2n) is 10.4. The number of rotatable bonds is 5. The highest BCUT2D eigenvalue weighted by molar-refractivity contribution is 5.98. The van der Waals surface area contributed by atoms with Crippen LogP contribution < -0.4 is 5.73 Å². The van der Waals surface area contributed by atoms with Gasteiger partial charge in [0.2, 0.25) is 5.91 Å². The van der Waals surface area contributed by atoms with Gasteiger partial charge in [0.1, 0.15) is 17.8 Å². The van der Waals surface area contributed by atoms with Crippen molar-refractivity contribution in [2.24, 2.45) is 11.8 Å². The summed E-state index contributed by atoms with van der Waals surface area (Å²) in [6, 6.07) is 8.97. The summed E-state index contributed by atoms with van der Waals surface area (Å²) in [6.07, 6.45) is 8.87. The second kappa shape index (κ2) is 9.07. The Morgan fingerprint density at radius 3 is 2.46 bits per heavy atom. The van der Waals surface area contributed by atoms with E-state index in [1.54, 1.807) is 0 Å². The second-order valence-corrected chi connectivity index (χ2v) is 10.4. The van der Waals surface area contributed by atoms with Crippen molar-refractivity contribution in [2.45, 2.75) is 44.7 Å². The van der Waals surface area contributed by atoms with Crippen molar-refractivity contribution in [2.75, 3.05) is 31.9 Å². The highest BCUT2D eigenvalue weighted by Crippen LogP contribution is 2.45. The van der Waals surface area contributed by atoms with Crippen LogP contribution in [0.4, 0.5) is 5.82 Å². The van der Waals surface area contributed by atoms with Gasteiger partial charge in [0.05, 0.1) is 11.4 Å². The third-order valence-corrected chi connectivity index (χ3v) is 8.16. The number of amides is 1. The van der Waals surface area contributed by atoms with Crippen molar-refractivity contribution >= 4 is 22.8 Å². The van der Waals surface area contributed by atoms with Crippen LogP contribution in [-0.2, 0) is 11.3 Å². The van der Waals surface area contributed by atoms with E-state index >= 15 is 0 Å². The van der Waals surface area contributed by atoms with Gasteiger partial charge in [-0.05, 0) is 62.2 Å². The first-order chi connectivity index (χ1) is 17.1. The van der Waals surface area contributed by atoms with Gasteiger partial charge in [0.15, 0.2) is 5.65 Å². The van der Waals surface area contributed by atoms with E-state index in [4.69, 9.17) is 10.8 Å². The van der Waals surface area contributed by atoms with E-state index in [9.17, 15) is 4.79 Å². The van der Waals surface area contributed by atoms with Crippen molar-refractivity contribution in [3.05, 3.63) is 48.8 Å². The molecular formula is C27H33N7O. The number of hydrogen-bond donors (Lipinski definition) is 1. The topological polar surface area (TPSA) is 93.2 Å². The lowest BCUT2D eigenvalue weighted by Gasteiger charge is -2.26. The average molecular weight is 472 g/mol. The SMILES string of the molecule is C=CC(=O)N1CC2CC(n3nc(-c4ccc(CN5CCCCC5)cc4)c4c(N)ncnc43)CC2C1. The van der Waals surface area contributed by atoms with Crippen molar-refractivity contribution in [1.82, 2.24) is 29.5 Å². The molecule has 3 fully saturated rings. The summed E-state index contributed by atoms with van der Waals surface area (Å²) < 4.78 is 2.07. The summed E-state index contributed by atoms with van der Waals surface area (Å²) >= 11 is 0. The Morgan fingerprint density at radius 1 is 1.06 bits per heavy atom. The zero-order chi connectivity index (χ0) is 23.9. The Hall–Kier alpha value is -3.26. The van der Waals surface area contributed by atoms with Gasteiger partial charge in [0, 0.05) is 25.2 Å². The van der Waals surface area contributed by atoms with Gasteiger partial charge in [0.25, 0.3) is 0 Å². The molecule has 1 amide bonds. The number of piperidine rings is 1. The summed E-state index contributed by atoms with van der Waals surface area (Å²) in [5, 5.41) is 5.90. The Morgan fingerprint density at radius 2 is 1.77 bits per heavy atom. The van der Waals surface area contributed by atoms with Gasteiger partial charge in [-0.3, -0.25) is 9.69 Å². The van der Waals surface area contributed by atoms with Crippen LogP contribution in [0.5, 0.6) is 0 Å². The first-order valence-electron chi connectivity index (χ1n) is 12.8. The molecule has 4 heterocycles. The van der Waals surface area contributed by atoms with E-state index in [0.29, 0.717) is 17.7 Å². The molecule has 182 valence electrons. The predicted octanol–water partition coefficient (Wildman–Crippen LogP) is 3.66. The van der Waals surface area contributed by atoms with Gasteiger partial charge in [-0.1, -0.05) is 37.3 Å². The molecule has 2 aliphatic heterocycles. The van der Waals surface area contributed by atoms with Crippen LogP contribution in [0.3, 0.4) is 0 Å². The first kappa shape index (κ1) is 22.2. The fourth-order valence-corrected chi connectivity index (χ4v) is 6.37. The van der Waals surface area contributed by atoms with Crippen molar-refractivity contribution in [3.63, 3.8) is 0 Å². The quantitative estimate of drug-likeness (QED) is 0.571. The minimum atomic E-state index is 0.0343. The summed E-state index contributed by atoms with van der Waals surface area (Å²) in [5.41, 5.74) is 10.4. The number of aromatic nitrogens is 4. The fraction of sp³-hybridized carbons (Fsp3) is 0.481. The third-order valence-electron chi connectivity index (χ3n) is 8.16. The summed E-state index contributed by atoms with van der Waals surface area (Å²) in [6.45, 7) is 8.61. The minimum Gasteiger partial charge on any atom is -0.383 e. The molecule has 2 atom stereocenters. The Bertz CT molecular complexity index is 1230. The molecule has 2 saturated heterocycles. The number of benzene rings is 1. The number of nitrogens with zero attached hydrogens (tertiary/aromatic N) is 6. The van der Waals surface area contributed by atoms with Crippen molar-refractivity contribution in [3.8, 4) is 11.3 Å². The zero-order valence-corrected chi connectivity index (χ0v) is 20.1. The molecule has 0 radical (unpaired) electrons. The molecule has 1 aliphatic carbocycles. The molecule has 3 aliphatic rings. The normalized spacial score (nSPS) is 24.7. The number of nitrogens with two attached hydrogens (primary N) is 1. The maximum Gasteiger partial charge on any atom is 0.245 e. The van der Waals surface area contributed by atoms with Crippen LogP contribution in [0.25, 0.3) is 22.3 Å². The highest BCUT2D eigenvalue weighted by atomic mass is 16.2. The number of anilines is 1. The van der Waals surface area contributed by atoms with Crippen LogP contribution in [0.2, 0.25) is 0 Å². The lowest BCUT2D eigenvalue weighted by atomic mass is 10.0. The Kier molecular flexibility index (Phi) is 5.76. The lowest BCUT2D eigenvalue weighted by Crippen LogP contribution is -2.29. The molecular weight excluding hydrogens is 438 g/mol. The average Bonchev–Trinajstić information content (AvgIpc) is 3.57. The van der Waals surface area contributed by atoms with Crippen LogP contribution in [0.15, 0.2) is 43.2 Å². The van der Waals surface area contributed by atoms with Gasteiger partial charge in [-0.15, -0.1) is 0 Å². The monoisotopic (exact) mass is 471 g/mol. The third kappa shape index (κ3) is 4.10. The van der Waals surface area contributed by atoms with E-state index in [1.165, 1.54) is 50.3 Å². The minimum absolute atomic E-state index is 0.0343. The standard InChI is InChI=1S/C27H33N7O/c1-2-23(35)33-15-20-12-22(13-21(20)16-33)34-27-24(26(28)29-17-30-27)25(31-34)19-8-6-18(7-9-19)14-32-10-4-3-5-11-32/h2,6-9,17,20-22H,1,3-5,10-16H2,(H2,28,29,30). The predicted molar refractivity (Wildman–Crippen MR) is 136 cm³/mol. The van der Waals surface area contributed by atoms with Crippen LogP contribution in [0, 0.1) is 11.8 Å². The molecule has 1 aromatic carbocycles. The smallest absolute Gasteiger partial charge is 0.245 e. The molecule has 2 unspecified atom stereocenters. The Labute approximate surface area is 205 Å². The van der Waals surface area contributed by atoms with E-state index in [2.05, 4.69) is 50.4 Å². The zero-order valence-electron chi connectivity index (χ0n) is 20.1. The number of likely N-dealkylation sites (tertiary alicyclic amines) is 2. The number of carbonyl (C=O) groups is 1. The van der Waals surface area contributed by atoms with Crippen molar-refractivity contribution < 1.29 is 4.79 Å². The largest absolute Gasteiger partial charge is 0.383 e. The van der Waals surface area contributed by atoms with E-state index in [0.717, 1.165) is 54.8 Å². The molecule has 35 heavy (non-hydrogen) atoms. The van der Waals surface area contributed by atoms with Crippen LogP contribution in [0.1, 0.15) is 43.7 Å². The maximum absolute atomic E-state index is 12.1. The first-order valence-corrected chi connectivity index (χ1v) is 12.8. The van der Waals surface area contributed by atoms with Gasteiger partial charge in [-0.2, -0.15) is 5.10 Å². The maximum atomic E-state index is 12.1. The fourth-order valence-electron chi connectivity index (χ4n) is 6.37. The molecule has 8 heteroatoms. The molecule has 3 aromatic rings. The number of nitrogen functional groups attached to an aromatic ring is 1. The lowest BCUT2D eigenvalue weighted by molar-refractivity contribution is -0.125. The van der Waals surface area contributed by atoms with Crippen LogP contribution in [-0.4, -0.2) is 61.6 Å². The molecule has 0 bridgehead atoms. The number of fused-ring (bicyclic) bond motifs is 2. The van der Waals surface area contributed by atoms with Gasteiger partial charge >= 0.3 is 0 Å². The summed E-state index contributed by atoms with van der Waals surface area (Å²) in [7, 11) is 0. The van der Waals surface area contributed by atoms with E-state index in [1.807, 2.05) is 4.90 Å².